The molecule has 0 bridgehead atoms. The van der Waals surface area contributed by atoms with Gasteiger partial charge >= 0.3 is 5.97 Å². The average molecular weight is 295 g/mol. The normalized spacial score (nSPS) is 19.9. The van der Waals surface area contributed by atoms with Crippen molar-refractivity contribution in [2.24, 2.45) is 0 Å². The highest BCUT2D eigenvalue weighted by molar-refractivity contribution is 7.99. The number of carboxylic acid groups (broad SMARTS) is 1. The van der Waals surface area contributed by atoms with Gasteiger partial charge in [-0.15, -0.1) is 11.8 Å². The number of nitrogens with zero attached hydrogens (tertiary/aromatic N) is 1. The Morgan fingerprint density at radius 1 is 1.45 bits per heavy atom. The minimum atomic E-state index is -0.753. The molecule has 1 aromatic rings. The lowest BCUT2D eigenvalue weighted by Crippen LogP contribution is -2.47. The molecule has 0 aliphatic carbocycles. The molecular formula is C15H21NO3S. The number of hydrogen-bond acceptors (Lipinski definition) is 4. The number of aliphatic carboxylic acids is 1. The van der Waals surface area contributed by atoms with Gasteiger partial charge < -0.3 is 9.84 Å². The van der Waals surface area contributed by atoms with E-state index in [-0.39, 0.29) is 12.5 Å². The molecule has 0 spiro atoms. The molecule has 1 heterocycles. The molecule has 0 radical (unpaired) electrons. The van der Waals surface area contributed by atoms with Crippen LogP contribution in [0.15, 0.2) is 29.2 Å². The Hall–Kier alpha value is -1.04. The van der Waals surface area contributed by atoms with Crippen LogP contribution in [0, 0.1) is 6.92 Å². The summed E-state index contributed by atoms with van der Waals surface area (Å²) in [5.74, 6) is 0.218. The maximum atomic E-state index is 10.9. The van der Waals surface area contributed by atoms with Gasteiger partial charge in [0.15, 0.2) is 0 Å². The topological polar surface area (TPSA) is 49.8 Å². The molecule has 20 heavy (non-hydrogen) atoms. The first-order chi connectivity index (χ1) is 9.65. The average Bonchev–Trinajstić information content (AvgIpc) is 2.42. The Labute approximate surface area is 124 Å². The molecule has 5 heteroatoms. The molecule has 1 atom stereocenters. The van der Waals surface area contributed by atoms with Crippen molar-refractivity contribution in [2.45, 2.75) is 24.3 Å². The Morgan fingerprint density at radius 3 is 2.90 bits per heavy atom. The van der Waals surface area contributed by atoms with Crippen LogP contribution in [-0.4, -0.2) is 54.1 Å². The van der Waals surface area contributed by atoms with Crippen molar-refractivity contribution in [3.8, 4) is 0 Å². The minimum Gasteiger partial charge on any atom is -0.481 e. The van der Waals surface area contributed by atoms with Crippen LogP contribution in [0.25, 0.3) is 0 Å². The molecule has 110 valence electrons. The Morgan fingerprint density at radius 2 is 2.20 bits per heavy atom. The van der Waals surface area contributed by atoms with Gasteiger partial charge in [0.25, 0.3) is 0 Å². The van der Waals surface area contributed by atoms with Crippen LogP contribution in [0.5, 0.6) is 0 Å². The number of carboxylic acids is 1. The molecule has 1 unspecified atom stereocenters. The van der Waals surface area contributed by atoms with E-state index in [9.17, 15) is 4.79 Å². The van der Waals surface area contributed by atoms with E-state index in [0.29, 0.717) is 13.2 Å². The van der Waals surface area contributed by atoms with Gasteiger partial charge in [-0.05, 0) is 19.1 Å². The van der Waals surface area contributed by atoms with Gasteiger partial charge in [-0.2, -0.15) is 0 Å². The highest BCUT2D eigenvalue weighted by Crippen LogP contribution is 2.19. The van der Waals surface area contributed by atoms with Crippen molar-refractivity contribution in [3.63, 3.8) is 0 Å². The summed E-state index contributed by atoms with van der Waals surface area (Å²) < 4.78 is 5.38. The Kier molecular flexibility index (Phi) is 5.88. The van der Waals surface area contributed by atoms with Crippen LogP contribution in [0.1, 0.15) is 12.0 Å². The van der Waals surface area contributed by atoms with Crippen LogP contribution in [-0.2, 0) is 9.53 Å². The molecule has 1 saturated heterocycles. The minimum absolute atomic E-state index is 0.0138. The molecule has 2 rings (SSSR count). The first kappa shape index (κ1) is 15.4. The summed E-state index contributed by atoms with van der Waals surface area (Å²) in [6, 6.07) is 8.51. The summed E-state index contributed by atoms with van der Waals surface area (Å²) in [7, 11) is 0. The van der Waals surface area contributed by atoms with Crippen molar-refractivity contribution in [2.75, 3.05) is 32.1 Å². The molecule has 4 nitrogen and oxygen atoms in total. The molecule has 1 N–H and O–H groups in total. The summed E-state index contributed by atoms with van der Waals surface area (Å²) in [5, 5.41) is 8.93. The lowest BCUT2D eigenvalue weighted by molar-refractivity contribution is -0.140. The number of benzene rings is 1. The second-order valence-electron chi connectivity index (χ2n) is 5.02. The van der Waals surface area contributed by atoms with E-state index in [1.54, 1.807) is 0 Å². The van der Waals surface area contributed by atoms with Gasteiger partial charge in [0.1, 0.15) is 0 Å². The summed E-state index contributed by atoms with van der Waals surface area (Å²) in [6.07, 6.45) is 0.162. The fraction of sp³-hybridized carbons (Fsp3) is 0.533. The lowest BCUT2D eigenvalue weighted by atomic mass is 10.1. The van der Waals surface area contributed by atoms with Gasteiger partial charge in [-0.3, -0.25) is 9.69 Å². The van der Waals surface area contributed by atoms with Crippen LogP contribution < -0.4 is 0 Å². The standard InChI is InChI=1S/C15H21NO3S/c1-12-2-4-14(5-3-12)20-9-7-16-6-8-19-11-13(16)10-15(17)18/h2-5,13H,6-11H2,1H3,(H,17,18). The second kappa shape index (κ2) is 7.67. The first-order valence-corrected chi connectivity index (χ1v) is 7.87. The van der Waals surface area contributed by atoms with E-state index in [1.165, 1.54) is 10.5 Å². The number of rotatable bonds is 6. The van der Waals surface area contributed by atoms with Crippen LogP contribution in [0.4, 0.5) is 0 Å². The molecule has 0 amide bonds. The Balaban J connectivity index is 1.79. The molecule has 0 aromatic heterocycles. The lowest BCUT2D eigenvalue weighted by Gasteiger charge is -2.34. The molecule has 1 fully saturated rings. The predicted octanol–water partition coefficient (Wildman–Crippen LogP) is 2.26. The third-order valence-electron chi connectivity index (χ3n) is 3.43. The number of ether oxygens (including phenoxy) is 1. The summed E-state index contributed by atoms with van der Waals surface area (Å²) >= 11 is 1.81. The quantitative estimate of drug-likeness (QED) is 0.816. The van der Waals surface area contributed by atoms with Gasteiger partial charge in [0.2, 0.25) is 0 Å². The number of morpholine rings is 1. The third-order valence-corrected chi connectivity index (χ3v) is 4.42. The SMILES string of the molecule is Cc1ccc(SCCN2CCOCC2CC(=O)O)cc1. The van der Waals surface area contributed by atoms with Crippen molar-refractivity contribution in [1.29, 1.82) is 0 Å². The monoisotopic (exact) mass is 295 g/mol. The fourth-order valence-corrected chi connectivity index (χ4v) is 3.18. The number of carbonyl (C=O) groups is 1. The van der Waals surface area contributed by atoms with Crippen molar-refractivity contribution in [3.05, 3.63) is 29.8 Å². The molecule has 0 saturated carbocycles. The third kappa shape index (κ3) is 4.81. The van der Waals surface area contributed by atoms with Gasteiger partial charge in [0.05, 0.1) is 19.6 Å². The number of aryl methyl sites for hydroxylation is 1. The molecule has 1 aliphatic rings. The van der Waals surface area contributed by atoms with Crippen molar-refractivity contribution < 1.29 is 14.6 Å². The molecule has 1 aliphatic heterocycles. The molecular weight excluding hydrogens is 274 g/mol. The van der Waals surface area contributed by atoms with Gasteiger partial charge in [0, 0.05) is 29.8 Å². The van der Waals surface area contributed by atoms with E-state index in [0.717, 1.165) is 18.8 Å². The fourth-order valence-electron chi connectivity index (χ4n) is 2.29. The van der Waals surface area contributed by atoms with Gasteiger partial charge in [-0.1, -0.05) is 17.7 Å². The van der Waals surface area contributed by atoms with Crippen molar-refractivity contribution in [1.82, 2.24) is 4.90 Å². The summed E-state index contributed by atoms with van der Waals surface area (Å²) in [6.45, 7) is 5.04. The zero-order valence-corrected chi connectivity index (χ0v) is 12.6. The highest BCUT2D eigenvalue weighted by atomic mass is 32.2. The predicted molar refractivity (Wildman–Crippen MR) is 80.3 cm³/mol. The largest absolute Gasteiger partial charge is 0.481 e. The molecule has 1 aromatic carbocycles. The van der Waals surface area contributed by atoms with Gasteiger partial charge in [-0.25, -0.2) is 0 Å². The maximum absolute atomic E-state index is 10.9. The number of hydrogen-bond donors (Lipinski definition) is 1. The smallest absolute Gasteiger partial charge is 0.305 e. The van der Waals surface area contributed by atoms with E-state index in [2.05, 4.69) is 36.1 Å². The van der Waals surface area contributed by atoms with Crippen LogP contribution >= 0.6 is 11.8 Å². The van der Waals surface area contributed by atoms with E-state index in [1.807, 2.05) is 11.8 Å². The Bertz CT molecular complexity index is 435. The first-order valence-electron chi connectivity index (χ1n) is 6.88. The van der Waals surface area contributed by atoms with E-state index < -0.39 is 5.97 Å². The zero-order valence-electron chi connectivity index (χ0n) is 11.7. The van der Waals surface area contributed by atoms with Crippen LogP contribution in [0.3, 0.4) is 0 Å². The number of thioether (sulfide) groups is 1. The summed E-state index contributed by atoms with van der Waals surface area (Å²) in [5.41, 5.74) is 1.27. The van der Waals surface area contributed by atoms with E-state index >= 15 is 0 Å². The summed E-state index contributed by atoms with van der Waals surface area (Å²) in [4.78, 5) is 14.4. The maximum Gasteiger partial charge on any atom is 0.305 e. The second-order valence-corrected chi connectivity index (χ2v) is 6.19. The zero-order chi connectivity index (χ0) is 14.4. The van der Waals surface area contributed by atoms with Crippen molar-refractivity contribution >= 4 is 17.7 Å². The van der Waals surface area contributed by atoms with Crippen LogP contribution in [0.2, 0.25) is 0 Å². The van der Waals surface area contributed by atoms with E-state index in [4.69, 9.17) is 9.84 Å². The highest BCUT2D eigenvalue weighted by Gasteiger charge is 2.24.